The zero-order valence-corrected chi connectivity index (χ0v) is 17.5. The number of rotatable bonds is 5. The van der Waals surface area contributed by atoms with E-state index >= 15 is 0 Å². The predicted octanol–water partition coefficient (Wildman–Crippen LogP) is 3.59. The van der Waals surface area contributed by atoms with Crippen molar-refractivity contribution < 1.29 is 17.9 Å². The number of carbonyl (C=O) groups excluding carboxylic acids is 1. The highest BCUT2D eigenvalue weighted by molar-refractivity contribution is 7.89. The maximum absolute atomic E-state index is 12.8. The molecule has 1 saturated heterocycles. The quantitative estimate of drug-likeness (QED) is 0.767. The lowest BCUT2D eigenvalue weighted by Gasteiger charge is -2.32. The van der Waals surface area contributed by atoms with Crippen molar-refractivity contribution >= 4 is 39.1 Å². The van der Waals surface area contributed by atoms with Gasteiger partial charge in [0.05, 0.1) is 17.6 Å². The maximum Gasteiger partial charge on any atom is 0.257 e. The number of carbonyl (C=O) groups is 1. The number of piperidine rings is 1. The van der Waals surface area contributed by atoms with Crippen LogP contribution in [-0.2, 0) is 10.0 Å². The average Bonchev–Trinajstić information content (AvgIpc) is 2.68. The first-order valence-electron chi connectivity index (χ1n) is 8.71. The van der Waals surface area contributed by atoms with Crippen molar-refractivity contribution in [1.29, 1.82) is 0 Å². The average molecular weight is 443 g/mol. The molecule has 1 amide bonds. The Hall–Kier alpha value is -1.80. The van der Waals surface area contributed by atoms with Crippen LogP contribution in [0.2, 0.25) is 10.0 Å². The van der Waals surface area contributed by atoms with Crippen LogP contribution in [0.4, 0.5) is 0 Å². The van der Waals surface area contributed by atoms with Crippen LogP contribution in [0.15, 0.2) is 47.4 Å². The number of nitrogens with zero attached hydrogens (tertiary/aromatic N) is 1. The molecule has 1 heterocycles. The molecule has 2 aromatic rings. The second-order valence-electron chi connectivity index (χ2n) is 6.49. The maximum atomic E-state index is 12.8. The third kappa shape index (κ3) is 4.78. The SMILES string of the molecule is COc1ccc(Cl)cc1C(=O)N1CCC(NS(=O)(=O)c2ccc(Cl)cc2)CC1. The molecule has 1 aliphatic heterocycles. The van der Waals surface area contributed by atoms with Crippen molar-refractivity contribution in [2.45, 2.75) is 23.8 Å². The van der Waals surface area contributed by atoms with Crippen LogP contribution in [0.3, 0.4) is 0 Å². The zero-order valence-electron chi connectivity index (χ0n) is 15.2. The summed E-state index contributed by atoms with van der Waals surface area (Å²) in [4.78, 5) is 14.7. The Bertz CT molecular complexity index is 956. The van der Waals surface area contributed by atoms with Crippen LogP contribution < -0.4 is 9.46 Å². The summed E-state index contributed by atoms with van der Waals surface area (Å²) in [5, 5.41) is 0.928. The van der Waals surface area contributed by atoms with E-state index in [-0.39, 0.29) is 16.8 Å². The fourth-order valence-corrected chi connectivity index (χ4v) is 4.72. The number of hydrogen-bond donors (Lipinski definition) is 1. The highest BCUT2D eigenvalue weighted by Crippen LogP contribution is 2.26. The van der Waals surface area contributed by atoms with Crippen LogP contribution in [0, 0.1) is 0 Å². The van der Waals surface area contributed by atoms with Crippen molar-refractivity contribution in [1.82, 2.24) is 9.62 Å². The molecule has 0 aromatic heterocycles. The van der Waals surface area contributed by atoms with E-state index in [2.05, 4.69) is 4.72 Å². The lowest BCUT2D eigenvalue weighted by atomic mass is 10.0. The summed E-state index contributed by atoms with van der Waals surface area (Å²) in [5.41, 5.74) is 0.398. The normalized spacial score (nSPS) is 15.5. The van der Waals surface area contributed by atoms with Crippen molar-refractivity contribution in [3.63, 3.8) is 0 Å². The van der Waals surface area contributed by atoms with Gasteiger partial charge in [-0.3, -0.25) is 4.79 Å². The van der Waals surface area contributed by atoms with Crippen molar-refractivity contribution in [2.75, 3.05) is 20.2 Å². The van der Waals surface area contributed by atoms with Crippen LogP contribution in [0.1, 0.15) is 23.2 Å². The highest BCUT2D eigenvalue weighted by atomic mass is 35.5. The third-order valence-corrected chi connectivity index (χ3v) is 6.64. The van der Waals surface area contributed by atoms with E-state index in [4.69, 9.17) is 27.9 Å². The molecule has 1 aliphatic rings. The van der Waals surface area contributed by atoms with Gasteiger partial charge in [-0.2, -0.15) is 0 Å². The fourth-order valence-electron chi connectivity index (χ4n) is 3.12. The van der Waals surface area contributed by atoms with E-state index in [0.717, 1.165) is 0 Å². The Morgan fingerprint density at radius 1 is 1.07 bits per heavy atom. The molecule has 1 fully saturated rings. The van der Waals surface area contributed by atoms with Crippen molar-refractivity contribution in [2.24, 2.45) is 0 Å². The molecule has 9 heteroatoms. The molecule has 0 atom stereocenters. The number of halogens is 2. The predicted molar refractivity (Wildman–Crippen MR) is 109 cm³/mol. The number of likely N-dealkylation sites (tertiary alicyclic amines) is 1. The van der Waals surface area contributed by atoms with E-state index < -0.39 is 10.0 Å². The largest absolute Gasteiger partial charge is 0.496 e. The summed E-state index contributed by atoms with van der Waals surface area (Å²) < 4.78 is 33.0. The van der Waals surface area contributed by atoms with Gasteiger partial charge in [0.25, 0.3) is 5.91 Å². The van der Waals surface area contributed by atoms with Gasteiger partial charge in [0.2, 0.25) is 10.0 Å². The fraction of sp³-hybridized carbons (Fsp3) is 0.316. The van der Waals surface area contributed by atoms with Gasteiger partial charge in [0, 0.05) is 29.2 Å². The summed E-state index contributed by atoms with van der Waals surface area (Å²) in [6.07, 6.45) is 1.03. The van der Waals surface area contributed by atoms with Gasteiger partial charge >= 0.3 is 0 Å². The topological polar surface area (TPSA) is 75.7 Å². The van der Waals surface area contributed by atoms with E-state index in [9.17, 15) is 13.2 Å². The van der Waals surface area contributed by atoms with Gasteiger partial charge in [-0.25, -0.2) is 13.1 Å². The molecule has 0 aliphatic carbocycles. The molecular formula is C19H20Cl2N2O4S. The molecule has 2 aromatic carbocycles. The molecule has 3 rings (SSSR count). The molecule has 6 nitrogen and oxygen atoms in total. The van der Waals surface area contributed by atoms with Crippen molar-refractivity contribution in [3.8, 4) is 5.75 Å². The van der Waals surface area contributed by atoms with Crippen LogP contribution in [0.5, 0.6) is 5.75 Å². The van der Waals surface area contributed by atoms with Crippen LogP contribution >= 0.6 is 23.2 Å². The van der Waals surface area contributed by atoms with Crippen LogP contribution in [0.25, 0.3) is 0 Å². The molecule has 0 spiro atoms. The minimum atomic E-state index is -3.63. The number of ether oxygens (including phenoxy) is 1. The minimum Gasteiger partial charge on any atom is -0.496 e. The third-order valence-electron chi connectivity index (χ3n) is 4.62. The molecule has 0 radical (unpaired) electrons. The molecule has 0 bridgehead atoms. The summed E-state index contributed by atoms with van der Waals surface area (Å²) in [6, 6.07) is 10.7. The van der Waals surface area contributed by atoms with Crippen LogP contribution in [-0.4, -0.2) is 45.5 Å². The molecule has 0 saturated carbocycles. The first kappa shape index (κ1) is 20.9. The number of hydrogen-bond acceptors (Lipinski definition) is 4. The Labute approximate surface area is 174 Å². The summed E-state index contributed by atoms with van der Waals surface area (Å²) in [7, 11) is -2.13. The Kier molecular flexibility index (Phi) is 6.50. The minimum absolute atomic E-state index is 0.166. The molecular weight excluding hydrogens is 423 g/mol. The second kappa shape index (κ2) is 8.69. The monoisotopic (exact) mass is 442 g/mol. The number of sulfonamides is 1. The van der Waals surface area contributed by atoms with Gasteiger partial charge in [-0.1, -0.05) is 23.2 Å². The van der Waals surface area contributed by atoms with Gasteiger partial charge in [-0.05, 0) is 55.3 Å². The number of amides is 1. The Morgan fingerprint density at radius 3 is 2.29 bits per heavy atom. The highest BCUT2D eigenvalue weighted by Gasteiger charge is 2.28. The van der Waals surface area contributed by atoms with E-state index in [1.807, 2.05) is 0 Å². The van der Waals surface area contributed by atoms with Gasteiger partial charge in [0.1, 0.15) is 5.75 Å². The lowest BCUT2D eigenvalue weighted by molar-refractivity contribution is 0.0708. The van der Waals surface area contributed by atoms with Crippen molar-refractivity contribution in [3.05, 3.63) is 58.1 Å². The summed E-state index contributed by atoms with van der Waals surface area (Å²) >= 11 is 11.8. The first-order chi connectivity index (χ1) is 13.3. The summed E-state index contributed by atoms with van der Waals surface area (Å²) in [5.74, 6) is 0.276. The van der Waals surface area contributed by atoms with Gasteiger partial charge in [0.15, 0.2) is 0 Å². The zero-order chi connectivity index (χ0) is 20.3. The Balaban J connectivity index is 1.64. The number of nitrogens with one attached hydrogen (secondary N) is 1. The standard InChI is InChI=1S/C19H20Cl2N2O4S/c1-27-18-7-4-14(21)12-17(18)19(24)23-10-8-15(9-11-23)22-28(25,26)16-5-2-13(20)3-6-16/h2-7,12,15,22H,8-11H2,1H3. The van der Waals surface area contributed by atoms with Gasteiger partial charge < -0.3 is 9.64 Å². The van der Waals surface area contributed by atoms with Gasteiger partial charge in [-0.15, -0.1) is 0 Å². The molecule has 28 heavy (non-hydrogen) atoms. The van der Waals surface area contributed by atoms with E-state index in [1.165, 1.54) is 31.4 Å². The Morgan fingerprint density at radius 2 is 1.68 bits per heavy atom. The smallest absolute Gasteiger partial charge is 0.257 e. The molecule has 150 valence electrons. The molecule has 1 N–H and O–H groups in total. The number of methoxy groups -OCH3 is 1. The number of benzene rings is 2. The lowest BCUT2D eigenvalue weighted by Crippen LogP contribution is -2.46. The second-order valence-corrected chi connectivity index (χ2v) is 9.07. The first-order valence-corrected chi connectivity index (χ1v) is 10.9. The van der Waals surface area contributed by atoms with E-state index in [1.54, 1.807) is 23.1 Å². The summed E-state index contributed by atoms with van der Waals surface area (Å²) in [6.45, 7) is 0.866. The van der Waals surface area contributed by atoms with E-state index in [0.29, 0.717) is 47.3 Å². The molecule has 0 unspecified atom stereocenters.